The molecule has 18 heavy (non-hydrogen) atoms. The van der Waals surface area contributed by atoms with Crippen LogP contribution in [0, 0.1) is 12.7 Å². The fourth-order valence-corrected chi connectivity index (χ4v) is 2.18. The Balaban J connectivity index is 2.53. The lowest BCUT2D eigenvalue weighted by Crippen LogP contribution is -2.05. The highest BCUT2D eigenvalue weighted by Gasteiger charge is 2.22. The zero-order chi connectivity index (χ0) is 13.3. The summed E-state index contributed by atoms with van der Waals surface area (Å²) in [4.78, 5) is 12.3. The largest absolute Gasteiger partial charge is 0.288 e. The van der Waals surface area contributed by atoms with Crippen LogP contribution >= 0.6 is 11.6 Å². The summed E-state index contributed by atoms with van der Waals surface area (Å²) in [6.45, 7) is 4.12. The van der Waals surface area contributed by atoms with Crippen molar-refractivity contribution in [1.29, 1.82) is 0 Å². The van der Waals surface area contributed by atoms with Gasteiger partial charge in [-0.15, -0.1) is 0 Å². The Bertz CT molecular complexity index is 607. The summed E-state index contributed by atoms with van der Waals surface area (Å²) >= 11 is 6.08. The van der Waals surface area contributed by atoms with E-state index in [-0.39, 0.29) is 16.3 Å². The summed E-state index contributed by atoms with van der Waals surface area (Å²) in [6, 6.07) is 5.84. The third-order valence-corrected chi connectivity index (χ3v) is 3.09. The standard InChI is InChI=1S/C13H12ClFN2O/c1-3-17-13(14)11(8(2)16-17)12(18)9-6-4-5-7-10(9)15/h4-7H,3H2,1-2H3. The minimum Gasteiger partial charge on any atom is -0.288 e. The van der Waals surface area contributed by atoms with Crippen molar-refractivity contribution in [3.05, 3.63) is 52.1 Å². The molecule has 0 amide bonds. The summed E-state index contributed by atoms with van der Waals surface area (Å²) in [5.41, 5.74) is 0.789. The quantitative estimate of drug-likeness (QED) is 0.800. The molecule has 5 heteroatoms. The first-order valence-electron chi connectivity index (χ1n) is 5.58. The van der Waals surface area contributed by atoms with Gasteiger partial charge >= 0.3 is 0 Å². The second-order valence-electron chi connectivity index (χ2n) is 3.88. The van der Waals surface area contributed by atoms with Crippen molar-refractivity contribution in [2.75, 3.05) is 0 Å². The number of halogens is 2. The first kappa shape index (κ1) is 12.8. The maximum Gasteiger partial charge on any atom is 0.200 e. The maximum atomic E-state index is 13.6. The molecule has 0 aliphatic rings. The molecular formula is C13H12ClFN2O. The van der Waals surface area contributed by atoms with Crippen molar-refractivity contribution < 1.29 is 9.18 Å². The molecule has 94 valence electrons. The van der Waals surface area contributed by atoms with Gasteiger partial charge in [0.25, 0.3) is 0 Å². The molecule has 3 nitrogen and oxygen atoms in total. The molecule has 0 fully saturated rings. The Morgan fingerprint density at radius 1 is 1.44 bits per heavy atom. The number of aromatic nitrogens is 2. The van der Waals surface area contributed by atoms with Gasteiger partial charge in [-0.3, -0.25) is 9.48 Å². The van der Waals surface area contributed by atoms with Crippen molar-refractivity contribution in [3.8, 4) is 0 Å². The minimum atomic E-state index is -0.554. The van der Waals surface area contributed by atoms with Crippen molar-refractivity contribution in [1.82, 2.24) is 9.78 Å². The van der Waals surface area contributed by atoms with Gasteiger partial charge in [0.1, 0.15) is 11.0 Å². The van der Waals surface area contributed by atoms with Crippen LogP contribution in [-0.4, -0.2) is 15.6 Å². The summed E-state index contributed by atoms with van der Waals surface area (Å²) in [5.74, 6) is -0.988. The van der Waals surface area contributed by atoms with Gasteiger partial charge in [0, 0.05) is 6.54 Å². The van der Waals surface area contributed by atoms with E-state index in [1.165, 1.54) is 22.9 Å². The zero-order valence-corrected chi connectivity index (χ0v) is 10.8. The van der Waals surface area contributed by atoms with Gasteiger partial charge in [-0.05, 0) is 26.0 Å². The second-order valence-corrected chi connectivity index (χ2v) is 4.23. The summed E-state index contributed by atoms with van der Waals surface area (Å²) in [5, 5.41) is 4.40. The van der Waals surface area contributed by atoms with Crippen molar-refractivity contribution in [3.63, 3.8) is 0 Å². The Morgan fingerprint density at radius 3 is 2.67 bits per heavy atom. The van der Waals surface area contributed by atoms with Crippen LogP contribution in [0.25, 0.3) is 0 Å². The van der Waals surface area contributed by atoms with Gasteiger partial charge < -0.3 is 0 Å². The normalized spacial score (nSPS) is 10.7. The van der Waals surface area contributed by atoms with Crippen LogP contribution in [0.1, 0.15) is 28.5 Å². The molecule has 2 rings (SSSR count). The summed E-state index contributed by atoms with van der Waals surface area (Å²) in [7, 11) is 0. The molecule has 0 aliphatic carbocycles. The van der Waals surface area contributed by atoms with Gasteiger partial charge in [-0.25, -0.2) is 4.39 Å². The number of rotatable bonds is 3. The van der Waals surface area contributed by atoms with E-state index >= 15 is 0 Å². The van der Waals surface area contributed by atoms with Crippen LogP contribution in [0.5, 0.6) is 0 Å². The smallest absolute Gasteiger partial charge is 0.200 e. The van der Waals surface area contributed by atoms with E-state index in [1.54, 1.807) is 13.0 Å². The van der Waals surface area contributed by atoms with Crippen LogP contribution in [0.3, 0.4) is 0 Å². The lowest BCUT2D eigenvalue weighted by Gasteiger charge is -2.02. The number of hydrogen-bond acceptors (Lipinski definition) is 2. The Kier molecular flexibility index (Phi) is 3.48. The van der Waals surface area contributed by atoms with Crippen LogP contribution in [0.15, 0.2) is 24.3 Å². The molecule has 0 aliphatic heterocycles. The highest BCUT2D eigenvalue weighted by Crippen LogP contribution is 2.24. The van der Waals surface area contributed by atoms with Gasteiger partial charge in [0.2, 0.25) is 5.78 Å². The van der Waals surface area contributed by atoms with E-state index in [2.05, 4.69) is 5.10 Å². The molecule has 0 saturated carbocycles. The molecule has 0 saturated heterocycles. The average Bonchev–Trinajstić information content (AvgIpc) is 2.64. The van der Waals surface area contributed by atoms with Gasteiger partial charge in [0.05, 0.1) is 16.8 Å². The number of ketones is 1. The molecule has 0 radical (unpaired) electrons. The van der Waals surface area contributed by atoms with Crippen molar-refractivity contribution >= 4 is 17.4 Å². The maximum absolute atomic E-state index is 13.6. The fraction of sp³-hybridized carbons (Fsp3) is 0.231. The monoisotopic (exact) mass is 266 g/mol. The molecule has 1 aromatic carbocycles. The fourth-order valence-electron chi connectivity index (χ4n) is 1.80. The SMILES string of the molecule is CCn1nc(C)c(C(=O)c2ccccc2F)c1Cl. The molecule has 0 spiro atoms. The second kappa shape index (κ2) is 4.90. The third kappa shape index (κ3) is 2.04. The third-order valence-electron chi connectivity index (χ3n) is 2.71. The Labute approximate surface area is 109 Å². The lowest BCUT2D eigenvalue weighted by molar-refractivity contribution is 0.103. The molecule has 1 heterocycles. The van der Waals surface area contributed by atoms with Gasteiger partial charge in [-0.1, -0.05) is 23.7 Å². The number of benzene rings is 1. The zero-order valence-electron chi connectivity index (χ0n) is 10.1. The number of nitrogens with zero attached hydrogens (tertiary/aromatic N) is 2. The van der Waals surface area contributed by atoms with E-state index in [9.17, 15) is 9.18 Å². The molecule has 0 atom stereocenters. The van der Waals surface area contributed by atoms with Crippen LogP contribution in [-0.2, 0) is 6.54 Å². The number of carbonyl (C=O) groups is 1. The topological polar surface area (TPSA) is 34.9 Å². The van der Waals surface area contributed by atoms with Crippen molar-refractivity contribution in [2.24, 2.45) is 0 Å². The Hall–Kier alpha value is -1.68. The molecule has 0 N–H and O–H groups in total. The average molecular weight is 267 g/mol. The highest BCUT2D eigenvalue weighted by atomic mass is 35.5. The molecule has 0 bridgehead atoms. The van der Waals surface area contributed by atoms with Crippen LogP contribution in [0.4, 0.5) is 4.39 Å². The minimum absolute atomic E-state index is 0.0122. The van der Waals surface area contributed by atoms with Gasteiger partial charge in [-0.2, -0.15) is 5.10 Å². The van der Waals surface area contributed by atoms with E-state index in [0.717, 1.165) is 0 Å². The Morgan fingerprint density at radius 2 is 2.11 bits per heavy atom. The first-order chi connectivity index (χ1) is 8.56. The lowest BCUT2D eigenvalue weighted by atomic mass is 10.0. The molecule has 2 aromatic rings. The molecule has 0 unspecified atom stereocenters. The number of aryl methyl sites for hydroxylation is 2. The van der Waals surface area contributed by atoms with Crippen LogP contribution < -0.4 is 0 Å². The number of carbonyl (C=O) groups excluding carboxylic acids is 1. The number of hydrogen-bond donors (Lipinski definition) is 0. The van der Waals surface area contributed by atoms with Crippen molar-refractivity contribution in [2.45, 2.75) is 20.4 Å². The molecule has 1 aromatic heterocycles. The predicted molar refractivity (Wildman–Crippen MR) is 67.5 cm³/mol. The van der Waals surface area contributed by atoms with E-state index in [0.29, 0.717) is 12.2 Å². The molecular weight excluding hydrogens is 255 g/mol. The first-order valence-corrected chi connectivity index (χ1v) is 5.96. The highest BCUT2D eigenvalue weighted by molar-refractivity contribution is 6.34. The van der Waals surface area contributed by atoms with E-state index in [4.69, 9.17) is 11.6 Å². The van der Waals surface area contributed by atoms with E-state index < -0.39 is 11.6 Å². The van der Waals surface area contributed by atoms with E-state index in [1.807, 2.05) is 6.92 Å². The van der Waals surface area contributed by atoms with Gasteiger partial charge in [0.15, 0.2) is 0 Å². The summed E-state index contributed by atoms with van der Waals surface area (Å²) in [6.07, 6.45) is 0. The van der Waals surface area contributed by atoms with Crippen LogP contribution in [0.2, 0.25) is 5.15 Å². The predicted octanol–water partition coefficient (Wildman–Crippen LogP) is 3.23. The summed E-state index contributed by atoms with van der Waals surface area (Å²) < 4.78 is 15.1.